The number of fused-ring (bicyclic) bond motifs is 1. The van der Waals surface area contributed by atoms with E-state index in [2.05, 4.69) is 79.4 Å². The summed E-state index contributed by atoms with van der Waals surface area (Å²) >= 11 is 4.42. The molecule has 0 aromatic heterocycles. The van der Waals surface area contributed by atoms with Crippen LogP contribution >= 0.6 is 12.6 Å². The Morgan fingerprint density at radius 3 is 2.11 bits per heavy atom. The van der Waals surface area contributed by atoms with Gasteiger partial charge < -0.3 is 0 Å². The molecule has 3 rings (SSSR count). The van der Waals surface area contributed by atoms with Gasteiger partial charge in [-0.05, 0) is 33.9 Å². The van der Waals surface area contributed by atoms with Gasteiger partial charge in [-0.25, -0.2) is 0 Å². The molecule has 0 radical (unpaired) electrons. The average Bonchev–Trinajstić information content (AvgIpc) is 2.48. The van der Waals surface area contributed by atoms with Crippen LogP contribution in [-0.4, -0.2) is 0 Å². The second kappa shape index (κ2) is 5.50. The van der Waals surface area contributed by atoms with Crippen LogP contribution in [-0.2, 0) is 12.2 Å². The maximum atomic E-state index is 4.42. The smallest absolute Gasteiger partial charge is 0.0157 e. The Morgan fingerprint density at radius 2 is 1.26 bits per heavy atom. The predicted molar refractivity (Wildman–Crippen MR) is 85.9 cm³/mol. The third-order valence-corrected chi connectivity index (χ3v) is 3.89. The Labute approximate surface area is 119 Å². The molecule has 0 amide bonds. The lowest BCUT2D eigenvalue weighted by atomic mass is 9.96. The normalized spacial score (nSPS) is 10.8. The Bertz CT molecular complexity index is 695. The molecule has 0 nitrogen and oxygen atoms in total. The van der Waals surface area contributed by atoms with Gasteiger partial charge in [0.25, 0.3) is 0 Å². The fourth-order valence-electron chi connectivity index (χ4n) is 2.54. The van der Waals surface area contributed by atoms with Crippen molar-refractivity contribution in [2.75, 3.05) is 0 Å². The molecule has 0 N–H and O–H groups in total. The van der Waals surface area contributed by atoms with Gasteiger partial charge in [-0.15, -0.1) is 0 Å². The molecule has 19 heavy (non-hydrogen) atoms. The first kappa shape index (κ1) is 12.3. The Balaban J connectivity index is 2.06. The average molecular weight is 264 g/mol. The minimum atomic E-state index is 0.793. The SMILES string of the molecule is SCc1ccccc1Cc1cccc2ccccc12. The van der Waals surface area contributed by atoms with Crippen LogP contribution < -0.4 is 0 Å². The molecule has 3 aromatic rings. The van der Waals surface area contributed by atoms with E-state index in [4.69, 9.17) is 0 Å². The first-order valence-electron chi connectivity index (χ1n) is 6.53. The van der Waals surface area contributed by atoms with Crippen molar-refractivity contribution < 1.29 is 0 Å². The van der Waals surface area contributed by atoms with E-state index < -0.39 is 0 Å². The lowest BCUT2D eigenvalue weighted by Crippen LogP contribution is -1.94. The second-order valence-corrected chi connectivity index (χ2v) is 5.06. The third-order valence-electron chi connectivity index (χ3n) is 3.55. The number of thiol groups is 1. The van der Waals surface area contributed by atoms with Crippen LogP contribution in [0.25, 0.3) is 10.8 Å². The van der Waals surface area contributed by atoms with E-state index in [9.17, 15) is 0 Å². The van der Waals surface area contributed by atoms with E-state index >= 15 is 0 Å². The van der Waals surface area contributed by atoms with E-state index in [1.165, 1.54) is 27.5 Å². The van der Waals surface area contributed by atoms with E-state index in [-0.39, 0.29) is 0 Å². The molecule has 0 aliphatic carbocycles. The van der Waals surface area contributed by atoms with Gasteiger partial charge in [-0.1, -0.05) is 66.7 Å². The van der Waals surface area contributed by atoms with Crippen molar-refractivity contribution in [2.24, 2.45) is 0 Å². The zero-order valence-electron chi connectivity index (χ0n) is 10.7. The van der Waals surface area contributed by atoms with Gasteiger partial charge in [0.15, 0.2) is 0 Å². The van der Waals surface area contributed by atoms with E-state index in [1.54, 1.807) is 0 Å². The van der Waals surface area contributed by atoms with Gasteiger partial charge in [0, 0.05) is 5.75 Å². The van der Waals surface area contributed by atoms with Crippen molar-refractivity contribution in [3.05, 3.63) is 83.4 Å². The first-order valence-corrected chi connectivity index (χ1v) is 7.16. The molecular weight excluding hydrogens is 248 g/mol. The highest BCUT2D eigenvalue weighted by atomic mass is 32.1. The fourth-order valence-corrected chi connectivity index (χ4v) is 2.84. The van der Waals surface area contributed by atoms with Crippen molar-refractivity contribution in [1.82, 2.24) is 0 Å². The molecule has 0 aliphatic rings. The van der Waals surface area contributed by atoms with Crippen molar-refractivity contribution >= 4 is 23.4 Å². The summed E-state index contributed by atoms with van der Waals surface area (Å²) in [4.78, 5) is 0. The summed E-state index contributed by atoms with van der Waals surface area (Å²) in [5.74, 6) is 0.793. The van der Waals surface area contributed by atoms with Crippen LogP contribution in [0.5, 0.6) is 0 Å². The monoisotopic (exact) mass is 264 g/mol. The van der Waals surface area contributed by atoms with Crippen molar-refractivity contribution in [2.45, 2.75) is 12.2 Å². The first-order chi connectivity index (χ1) is 9.38. The van der Waals surface area contributed by atoms with Crippen LogP contribution in [0.15, 0.2) is 66.7 Å². The van der Waals surface area contributed by atoms with Gasteiger partial charge in [-0.2, -0.15) is 12.6 Å². The second-order valence-electron chi connectivity index (χ2n) is 4.74. The van der Waals surface area contributed by atoms with Crippen molar-refractivity contribution in [3.63, 3.8) is 0 Å². The zero-order chi connectivity index (χ0) is 13.1. The van der Waals surface area contributed by atoms with Crippen molar-refractivity contribution in [3.8, 4) is 0 Å². The number of benzene rings is 3. The third kappa shape index (κ3) is 2.52. The summed E-state index contributed by atoms with van der Waals surface area (Å²) < 4.78 is 0. The minimum absolute atomic E-state index is 0.793. The van der Waals surface area contributed by atoms with Crippen LogP contribution in [0.4, 0.5) is 0 Å². The molecule has 0 saturated carbocycles. The molecule has 0 saturated heterocycles. The van der Waals surface area contributed by atoms with Crippen LogP contribution in [0.1, 0.15) is 16.7 Å². The molecule has 0 spiro atoms. The standard InChI is InChI=1S/C18H16S/c19-13-17-8-2-1-7-15(17)12-16-10-5-9-14-6-3-4-11-18(14)16/h1-11,19H,12-13H2. The quantitative estimate of drug-likeness (QED) is 0.642. The molecule has 0 aliphatic heterocycles. The van der Waals surface area contributed by atoms with Crippen molar-refractivity contribution in [1.29, 1.82) is 0 Å². The maximum Gasteiger partial charge on any atom is 0.0157 e. The van der Waals surface area contributed by atoms with E-state index in [1.807, 2.05) is 0 Å². The molecule has 0 fully saturated rings. The predicted octanol–water partition coefficient (Wildman–Crippen LogP) is 4.86. The molecule has 0 atom stereocenters. The van der Waals surface area contributed by atoms with E-state index in [0.29, 0.717) is 0 Å². The zero-order valence-corrected chi connectivity index (χ0v) is 11.6. The van der Waals surface area contributed by atoms with Gasteiger partial charge in [-0.3, -0.25) is 0 Å². The maximum absolute atomic E-state index is 4.42. The molecule has 0 bridgehead atoms. The number of hydrogen-bond donors (Lipinski definition) is 1. The summed E-state index contributed by atoms with van der Waals surface area (Å²) in [6.07, 6.45) is 0.970. The molecule has 0 unspecified atom stereocenters. The van der Waals surface area contributed by atoms with Gasteiger partial charge in [0.1, 0.15) is 0 Å². The number of hydrogen-bond acceptors (Lipinski definition) is 1. The molecule has 0 heterocycles. The lowest BCUT2D eigenvalue weighted by molar-refractivity contribution is 1.16. The summed E-state index contributed by atoms with van der Waals surface area (Å²) in [7, 11) is 0. The lowest BCUT2D eigenvalue weighted by Gasteiger charge is -2.10. The Hall–Kier alpha value is -1.73. The molecule has 3 aromatic carbocycles. The highest BCUT2D eigenvalue weighted by molar-refractivity contribution is 7.79. The summed E-state index contributed by atoms with van der Waals surface area (Å²) in [5.41, 5.74) is 4.07. The minimum Gasteiger partial charge on any atom is -0.175 e. The highest BCUT2D eigenvalue weighted by Gasteiger charge is 2.04. The highest BCUT2D eigenvalue weighted by Crippen LogP contribution is 2.23. The largest absolute Gasteiger partial charge is 0.175 e. The number of rotatable bonds is 3. The van der Waals surface area contributed by atoms with Gasteiger partial charge in [0.2, 0.25) is 0 Å². The van der Waals surface area contributed by atoms with Crippen LogP contribution in [0.3, 0.4) is 0 Å². The summed E-state index contributed by atoms with van der Waals surface area (Å²) in [6.45, 7) is 0. The Morgan fingerprint density at radius 1 is 0.632 bits per heavy atom. The van der Waals surface area contributed by atoms with Crippen LogP contribution in [0, 0.1) is 0 Å². The topological polar surface area (TPSA) is 0 Å². The summed E-state index contributed by atoms with van der Waals surface area (Å²) in [6, 6.07) is 23.6. The van der Waals surface area contributed by atoms with Crippen LogP contribution in [0.2, 0.25) is 0 Å². The van der Waals surface area contributed by atoms with Gasteiger partial charge in [0.05, 0.1) is 0 Å². The molecule has 1 heteroatoms. The molecular formula is C18H16S. The summed E-state index contributed by atoms with van der Waals surface area (Å²) in [5, 5.41) is 2.65. The Kier molecular flexibility index (Phi) is 3.56. The fraction of sp³-hybridized carbons (Fsp3) is 0.111. The molecule has 94 valence electrons. The van der Waals surface area contributed by atoms with E-state index in [0.717, 1.165) is 12.2 Å². The van der Waals surface area contributed by atoms with Gasteiger partial charge >= 0.3 is 0 Å².